The van der Waals surface area contributed by atoms with Gasteiger partial charge in [0.15, 0.2) is 0 Å². The molecule has 0 radical (unpaired) electrons. The van der Waals surface area contributed by atoms with E-state index in [0.29, 0.717) is 5.56 Å². The maximum atomic E-state index is 13.7. The van der Waals surface area contributed by atoms with Crippen LogP contribution in [0.1, 0.15) is 39.3 Å². The number of hydrogen-bond donors (Lipinski definition) is 2. The first-order valence-corrected chi connectivity index (χ1v) is 7.34. The lowest BCUT2D eigenvalue weighted by molar-refractivity contribution is -0.124. The van der Waals surface area contributed by atoms with Crippen molar-refractivity contribution in [2.24, 2.45) is 5.92 Å². The number of amides is 2. The lowest BCUT2D eigenvalue weighted by Gasteiger charge is -2.24. The highest BCUT2D eigenvalue weighted by molar-refractivity contribution is 5.86. The molecule has 0 saturated heterocycles. The minimum absolute atomic E-state index is 0.128. The van der Waals surface area contributed by atoms with Crippen molar-refractivity contribution in [3.63, 3.8) is 0 Å². The van der Waals surface area contributed by atoms with Gasteiger partial charge in [-0.3, -0.25) is 4.79 Å². The first-order chi connectivity index (χ1) is 10.4. The lowest BCUT2D eigenvalue weighted by atomic mass is 10.0. The number of ether oxygens (including phenoxy) is 1. The second-order valence-electron chi connectivity index (χ2n) is 5.34. The number of benzene rings is 1. The van der Waals surface area contributed by atoms with Crippen LogP contribution >= 0.6 is 0 Å². The average Bonchev–Trinajstić information content (AvgIpc) is 2.44. The van der Waals surface area contributed by atoms with Gasteiger partial charge in [0.2, 0.25) is 5.91 Å². The predicted molar refractivity (Wildman–Crippen MR) is 81.7 cm³/mol. The highest BCUT2D eigenvalue weighted by Crippen LogP contribution is 2.16. The molecule has 2 N–H and O–H groups in total. The fourth-order valence-corrected chi connectivity index (χ4v) is 2.04. The third-order valence-corrected chi connectivity index (χ3v) is 3.23. The highest BCUT2D eigenvalue weighted by Gasteiger charge is 2.26. The lowest BCUT2D eigenvalue weighted by Crippen LogP contribution is -2.50. The Morgan fingerprint density at radius 3 is 2.36 bits per heavy atom. The summed E-state index contributed by atoms with van der Waals surface area (Å²) in [6, 6.07) is 5.01. The zero-order valence-electron chi connectivity index (χ0n) is 13.4. The molecule has 0 heterocycles. The monoisotopic (exact) mass is 310 g/mol. The molecule has 22 heavy (non-hydrogen) atoms. The summed E-state index contributed by atoms with van der Waals surface area (Å²) in [5, 5.41) is 5.24. The number of carbonyl (C=O) groups excluding carboxylic acids is 2. The molecule has 1 aromatic carbocycles. The van der Waals surface area contributed by atoms with E-state index in [9.17, 15) is 14.0 Å². The van der Waals surface area contributed by atoms with Crippen LogP contribution in [-0.4, -0.2) is 24.6 Å². The van der Waals surface area contributed by atoms with Crippen LogP contribution in [0.4, 0.5) is 9.18 Å². The summed E-state index contributed by atoms with van der Waals surface area (Å²) < 4.78 is 18.5. The van der Waals surface area contributed by atoms with E-state index in [-0.39, 0.29) is 24.2 Å². The van der Waals surface area contributed by atoms with Gasteiger partial charge in [0.25, 0.3) is 0 Å². The molecule has 0 aromatic heterocycles. The molecule has 0 spiro atoms. The summed E-state index contributed by atoms with van der Waals surface area (Å²) in [5.41, 5.74) is 0.398. The smallest absolute Gasteiger partial charge is 0.407 e. The topological polar surface area (TPSA) is 67.4 Å². The number of carbonyl (C=O) groups is 2. The number of alkyl carbamates (subject to hydrolysis) is 1. The number of hydrogen-bond acceptors (Lipinski definition) is 3. The van der Waals surface area contributed by atoms with Crippen molar-refractivity contribution < 1.29 is 18.7 Å². The van der Waals surface area contributed by atoms with Crippen molar-refractivity contribution in [3.05, 3.63) is 35.6 Å². The van der Waals surface area contributed by atoms with Gasteiger partial charge in [-0.05, 0) is 25.8 Å². The van der Waals surface area contributed by atoms with E-state index in [4.69, 9.17) is 4.74 Å². The van der Waals surface area contributed by atoms with Crippen LogP contribution in [0.3, 0.4) is 0 Å². The zero-order chi connectivity index (χ0) is 16.7. The van der Waals surface area contributed by atoms with Crippen molar-refractivity contribution in [2.45, 2.75) is 39.8 Å². The second-order valence-corrected chi connectivity index (χ2v) is 5.34. The molecule has 5 nitrogen and oxygen atoms in total. The van der Waals surface area contributed by atoms with Gasteiger partial charge in [-0.1, -0.05) is 32.0 Å². The minimum atomic E-state index is -0.742. The molecule has 122 valence electrons. The van der Waals surface area contributed by atoms with Crippen LogP contribution in [-0.2, 0) is 9.53 Å². The van der Waals surface area contributed by atoms with Gasteiger partial charge in [0, 0.05) is 5.56 Å². The molecule has 0 saturated carbocycles. The molecule has 2 amide bonds. The van der Waals surface area contributed by atoms with Gasteiger partial charge in [-0.2, -0.15) is 0 Å². The maximum Gasteiger partial charge on any atom is 0.407 e. The van der Waals surface area contributed by atoms with Crippen LogP contribution in [0.2, 0.25) is 0 Å². The van der Waals surface area contributed by atoms with Gasteiger partial charge < -0.3 is 15.4 Å². The van der Waals surface area contributed by atoms with Crippen molar-refractivity contribution >= 4 is 12.0 Å². The Hall–Kier alpha value is -2.11. The summed E-state index contributed by atoms with van der Waals surface area (Å²) in [7, 11) is 0. The molecular weight excluding hydrogens is 287 g/mol. The molecule has 1 rings (SSSR count). The van der Waals surface area contributed by atoms with Gasteiger partial charge in [0.05, 0.1) is 12.6 Å². The standard InChI is InChI=1S/C16H23FN2O3/c1-5-22-16(21)19-14(10(2)3)15(20)18-11(4)12-8-6-7-9-13(12)17/h6-11,14H,5H2,1-4H3,(H,18,20)(H,19,21). The number of halogens is 1. The van der Waals surface area contributed by atoms with E-state index in [1.807, 2.05) is 13.8 Å². The van der Waals surface area contributed by atoms with Crippen molar-refractivity contribution in [3.8, 4) is 0 Å². The van der Waals surface area contributed by atoms with Crippen molar-refractivity contribution in [1.29, 1.82) is 0 Å². The third-order valence-electron chi connectivity index (χ3n) is 3.23. The molecule has 2 unspecified atom stereocenters. The Morgan fingerprint density at radius 2 is 1.82 bits per heavy atom. The summed E-state index contributed by atoms with van der Waals surface area (Å²) in [6.45, 7) is 7.22. The molecule has 0 aliphatic rings. The molecular formula is C16H23FN2O3. The second kappa shape index (κ2) is 8.36. The minimum Gasteiger partial charge on any atom is -0.450 e. The Bertz CT molecular complexity index is 520. The van der Waals surface area contributed by atoms with E-state index >= 15 is 0 Å². The third kappa shape index (κ3) is 5.02. The molecule has 2 atom stereocenters. The Kier molecular flexibility index (Phi) is 6.82. The van der Waals surface area contributed by atoms with Gasteiger partial charge in [-0.25, -0.2) is 9.18 Å². The van der Waals surface area contributed by atoms with E-state index in [2.05, 4.69) is 10.6 Å². The summed E-state index contributed by atoms with van der Waals surface area (Å²) >= 11 is 0. The molecule has 6 heteroatoms. The van der Waals surface area contributed by atoms with Crippen LogP contribution in [0.15, 0.2) is 24.3 Å². The van der Waals surface area contributed by atoms with Crippen molar-refractivity contribution in [1.82, 2.24) is 10.6 Å². The quantitative estimate of drug-likeness (QED) is 0.849. The molecule has 1 aromatic rings. The largest absolute Gasteiger partial charge is 0.450 e. The Morgan fingerprint density at radius 1 is 1.18 bits per heavy atom. The van der Waals surface area contributed by atoms with E-state index < -0.39 is 18.2 Å². The summed E-state index contributed by atoms with van der Waals surface area (Å²) in [4.78, 5) is 23.8. The highest BCUT2D eigenvalue weighted by atomic mass is 19.1. The fraction of sp³-hybridized carbons (Fsp3) is 0.500. The summed E-state index contributed by atoms with van der Waals surface area (Å²) in [6.07, 6.45) is -0.644. The zero-order valence-corrected chi connectivity index (χ0v) is 13.4. The van der Waals surface area contributed by atoms with Gasteiger partial charge in [0.1, 0.15) is 11.9 Å². The molecule has 0 fully saturated rings. The van der Waals surface area contributed by atoms with E-state index in [1.165, 1.54) is 6.07 Å². The van der Waals surface area contributed by atoms with E-state index in [0.717, 1.165) is 0 Å². The first-order valence-electron chi connectivity index (χ1n) is 7.34. The SMILES string of the molecule is CCOC(=O)NC(C(=O)NC(C)c1ccccc1F)C(C)C. The average molecular weight is 310 g/mol. The number of rotatable bonds is 6. The maximum absolute atomic E-state index is 13.7. The van der Waals surface area contributed by atoms with Gasteiger partial charge in [-0.15, -0.1) is 0 Å². The predicted octanol–water partition coefficient (Wildman–Crippen LogP) is 2.77. The van der Waals surface area contributed by atoms with Crippen LogP contribution in [0.5, 0.6) is 0 Å². The van der Waals surface area contributed by atoms with Crippen molar-refractivity contribution in [2.75, 3.05) is 6.61 Å². The van der Waals surface area contributed by atoms with Crippen LogP contribution in [0.25, 0.3) is 0 Å². The first kappa shape index (κ1) is 17.9. The fourth-order valence-electron chi connectivity index (χ4n) is 2.04. The Balaban J connectivity index is 2.75. The molecule has 0 aliphatic carbocycles. The molecule has 0 bridgehead atoms. The normalized spacial score (nSPS) is 13.4. The van der Waals surface area contributed by atoms with Crippen LogP contribution < -0.4 is 10.6 Å². The molecule has 0 aliphatic heterocycles. The number of nitrogens with one attached hydrogen (secondary N) is 2. The van der Waals surface area contributed by atoms with Crippen LogP contribution in [0, 0.1) is 11.7 Å². The summed E-state index contributed by atoms with van der Waals surface area (Å²) in [5.74, 6) is -0.884. The van der Waals surface area contributed by atoms with Gasteiger partial charge >= 0.3 is 6.09 Å². The Labute approximate surface area is 130 Å². The van der Waals surface area contributed by atoms with E-state index in [1.54, 1.807) is 32.0 Å².